The highest BCUT2D eigenvalue weighted by Crippen LogP contribution is 2.42. The predicted molar refractivity (Wildman–Crippen MR) is 74.2 cm³/mol. The molecule has 2 aromatic carbocycles. The van der Waals surface area contributed by atoms with Crippen LogP contribution in [-0.4, -0.2) is 0 Å². The average molecular weight is 271 g/mol. The van der Waals surface area contributed by atoms with Crippen LogP contribution < -0.4 is 10.5 Å². The summed E-state index contributed by atoms with van der Waals surface area (Å²) < 4.78 is 32.7. The van der Waals surface area contributed by atoms with Crippen LogP contribution >= 0.6 is 0 Å². The minimum Gasteiger partial charge on any atom is -0.454 e. The van der Waals surface area contributed by atoms with Crippen molar-refractivity contribution in [2.45, 2.75) is 0 Å². The van der Waals surface area contributed by atoms with Crippen LogP contribution in [0.2, 0.25) is 0 Å². The van der Waals surface area contributed by atoms with Crippen molar-refractivity contribution in [2.75, 3.05) is 5.73 Å². The summed E-state index contributed by atoms with van der Waals surface area (Å²) in [4.78, 5) is 0. The summed E-state index contributed by atoms with van der Waals surface area (Å²) >= 11 is 0. The van der Waals surface area contributed by atoms with Gasteiger partial charge in [-0.2, -0.15) is 0 Å². The maximum atomic E-state index is 14.3. The predicted octanol–water partition coefficient (Wildman–Crippen LogP) is 4.04. The summed E-state index contributed by atoms with van der Waals surface area (Å²) in [6.45, 7) is 3.55. The number of halogens is 2. The van der Waals surface area contributed by atoms with Gasteiger partial charge in [0.25, 0.3) is 0 Å². The van der Waals surface area contributed by atoms with Gasteiger partial charge < -0.3 is 10.5 Å². The molecule has 0 bridgehead atoms. The molecule has 0 spiro atoms. The van der Waals surface area contributed by atoms with Crippen LogP contribution in [0.15, 0.2) is 60.6 Å². The number of allylic oxidation sites excluding steroid dienone is 1. The molecule has 100 valence electrons. The molecule has 2 aromatic rings. The van der Waals surface area contributed by atoms with Crippen LogP contribution in [0.25, 0.3) is 5.57 Å². The van der Waals surface area contributed by atoms with Gasteiger partial charge in [0, 0.05) is 22.9 Å². The van der Waals surface area contributed by atoms with Gasteiger partial charge in [0.05, 0.1) is 0 Å². The first-order valence-electron chi connectivity index (χ1n) is 5.99. The Balaban J connectivity index is 2.24. The van der Waals surface area contributed by atoms with Gasteiger partial charge >= 0.3 is 0 Å². The Hall–Kier alpha value is -2.62. The van der Waals surface area contributed by atoms with Gasteiger partial charge in [-0.3, -0.25) is 0 Å². The second kappa shape index (κ2) is 4.49. The summed E-state index contributed by atoms with van der Waals surface area (Å²) in [5.74, 6) is -0.579. The van der Waals surface area contributed by atoms with Crippen molar-refractivity contribution in [3.8, 4) is 5.75 Å². The van der Waals surface area contributed by atoms with E-state index in [2.05, 4.69) is 6.58 Å². The van der Waals surface area contributed by atoms with Gasteiger partial charge in [-0.15, -0.1) is 0 Å². The number of hydrogen-bond acceptors (Lipinski definition) is 2. The fourth-order valence-corrected chi connectivity index (χ4v) is 2.16. The van der Waals surface area contributed by atoms with E-state index >= 15 is 0 Å². The maximum absolute atomic E-state index is 14.3. The molecule has 1 aliphatic rings. The molecule has 3 rings (SSSR count). The number of ether oxygens (including phenoxy) is 1. The van der Waals surface area contributed by atoms with E-state index in [-0.39, 0.29) is 11.6 Å². The van der Waals surface area contributed by atoms with Crippen molar-refractivity contribution >= 4 is 11.3 Å². The van der Waals surface area contributed by atoms with Crippen LogP contribution in [0.3, 0.4) is 0 Å². The summed E-state index contributed by atoms with van der Waals surface area (Å²) in [7, 11) is 0. The number of benzene rings is 2. The normalized spacial score (nSPS) is 14.0. The van der Waals surface area contributed by atoms with Crippen LogP contribution in [-0.2, 0) is 0 Å². The van der Waals surface area contributed by atoms with E-state index in [1.165, 1.54) is 24.3 Å². The first-order valence-corrected chi connectivity index (χ1v) is 5.99. The number of nitrogens with two attached hydrogens (primary N) is 1. The molecule has 4 heteroatoms. The molecule has 0 radical (unpaired) electrons. The fourth-order valence-electron chi connectivity index (χ4n) is 2.16. The quantitative estimate of drug-likeness (QED) is 0.794. The van der Waals surface area contributed by atoms with Gasteiger partial charge in [-0.1, -0.05) is 18.7 Å². The van der Waals surface area contributed by atoms with Crippen LogP contribution in [0.4, 0.5) is 14.5 Å². The number of fused-ring (bicyclic) bond motifs is 1. The molecule has 20 heavy (non-hydrogen) atoms. The van der Waals surface area contributed by atoms with Gasteiger partial charge in [0.15, 0.2) is 11.6 Å². The van der Waals surface area contributed by atoms with Crippen LogP contribution in [0, 0.1) is 5.82 Å². The maximum Gasteiger partial charge on any atom is 0.173 e. The Morgan fingerprint density at radius 3 is 2.40 bits per heavy atom. The van der Waals surface area contributed by atoms with Crippen LogP contribution in [0.5, 0.6) is 5.75 Å². The van der Waals surface area contributed by atoms with E-state index in [1.54, 1.807) is 18.2 Å². The smallest absolute Gasteiger partial charge is 0.173 e. The third kappa shape index (κ3) is 1.95. The molecule has 1 heterocycles. The Kier molecular flexibility index (Phi) is 2.79. The Morgan fingerprint density at radius 2 is 1.70 bits per heavy atom. The van der Waals surface area contributed by atoms with Gasteiger partial charge in [-0.25, -0.2) is 8.78 Å². The minimum absolute atomic E-state index is 0.0811. The van der Waals surface area contributed by atoms with E-state index in [9.17, 15) is 8.78 Å². The van der Waals surface area contributed by atoms with E-state index in [1.807, 2.05) is 0 Å². The zero-order chi connectivity index (χ0) is 14.3. The van der Waals surface area contributed by atoms with Gasteiger partial charge in [0.2, 0.25) is 0 Å². The first-order chi connectivity index (χ1) is 9.56. The molecule has 0 atom stereocenters. The molecule has 0 aromatic heterocycles. The lowest BCUT2D eigenvalue weighted by Crippen LogP contribution is -2.08. The summed E-state index contributed by atoms with van der Waals surface area (Å²) in [5, 5.41) is 0. The largest absolute Gasteiger partial charge is 0.454 e. The van der Waals surface area contributed by atoms with Crippen molar-refractivity contribution in [2.24, 2.45) is 0 Å². The lowest BCUT2D eigenvalue weighted by atomic mass is 9.94. The van der Waals surface area contributed by atoms with E-state index < -0.39 is 5.83 Å². The highest BCUT2D eigenvalue weighted by atomic mass is 19.1. The Morgan fingerprint density at radius 1 is 1.00 bits per heavy atom. The molecular formula is C16H11F2NO. The second-order valence-electron chi connectivity index (χ2n) is 4.48. The lowest BCUT2D eigenvalue weighted by Gasteiger charge is -2.22. The van der Waals surface area contributed by atoms with E-state index in [4.69, 9.17) is 10.5 Å². The van der Waals surface area contributed by atoms with E-state index in [0.29, 0.717) is 28.1 Å². The minimum atomic E-state index is -0.561. The number of nitrogen functional groups attached to an aromatic ring is 1. The fraction of sp³-hybridized carbons (Fsp3) is 0. The Bertz CT molecular complexity index is 733. The molecule has 2 N–H and O–H groups in total. The second-order valence-corrected chi connectivity index (χ2v) is 4.48. The number of rotatable bonds is 1. The molecular weight excluding hydrogens is 260 g/mol. The zero-order valence-electron chi connectivity index (χ0n) is 10.5. The van der Waals surface area contributed by atoms with Crippen molar-refractivity contribution < 1.29 is 13.5 Å². The number of anilines is 1. The van der Waals surface area contributed by atoms with Crippen LogP contribution in [0.1, 0.15) is 11.1 Å². The molecule has 1 aliphatic heterocycles. The highest BCUT2D eigenvalue weighted by Gasteiger charge is 2.25. The molecule has 0 amide bonds. The third-order valence-corrected chi connectivity index (χ3v) is 3.11. The average Bonchev–Trinajstić information content (AvgIpc) is 2.42. The molecule has 0 saturated heterocycles. The molecule has 0 aliphatic carbocycles. The highest BCUT2D eigenvalue weighted by molar-refractivity contribution is 5.88. The molecule has 0 saturated carbocycles. The SMILES string of the molecule is C=C1Oc2cc(N)ccc2C(c2ccc(F)cc2)=C1F. The molecule has 2 nitrogen and oxygen atoms in total. The monoisotopic (exact) mass is 271 g/mol. The van der Waals surface area contributed by atoms with Crippen molar-refractivity contribution in [3.05, 3.63) is 77.6 Å². The number of hydrogen-bond donors (Lipinski definition) is 1. The standard InChI is InChI=1S/C16H11F2NO/c1-9-16(18)15(10-2-4-11(17)5-3-10)13-7-6-12(19)8-14(13)20-9/h2-8H,1,19H2. The lowest BCUT2D eigenvalue weighted by molar-refractivity contribution is 0.398. The van der Waals surface area contributed by atoms with Gasteiger partial charge in [0.1, 0.15) is 11.6 Å². The summed E-state index contributed by atoms with van der Waals surface area (Å²) in [6.07, 6.45) is 0. The van der Waals surface area contributed by atoms with Gasteiger partial charge in [-0.05, 0) is 29.8 Å². The first kappa shape index (κ1) is 12.4. The van der Waals surface area contributed by atoms with Crippen molar-refractivity contribution in [3.63, 3.8) is 0 Å². The molecule has 0 unspecified atom stereocenters. The topological polar surface area (TPSA) is 35.2 Å². The van der Waals surface area contributed by atoms with E-state index in [0.717, 1.165) is 0 Å². The molecule has 0 fully saturated rings. The van der Waals surface area contributed by atoms with Crippen molar-refractivity contribution in [1.29, 1.82) is 0 Å². The van der Waals surface area contributed by atoms with Crippen molar-refractivity contribution in [1.82, 2.24) is 0 Å². The summed E-state index contributed by atoms with van der Waals surface area (Å²) in [5.41, 5.74) is 7.66. The Labute approximate surface area is 114 Å². The third-order valence-electron chi connectivity index (χ3n) is 3.11. The zero-order valence-corrected chi connectivity index (χ0v) is 10.5. The summed E-state index contributed by atoms with van der Waals surface area (Å²) in [6, 6.07) is 10.5.